The molecule has 3 aromatic rings. The van der Waals surface area contributed by atoms with Crippen LogP contribution in [0.25, 0.3) is 0 Å². The third kappa shape index (κ3) is 9.16. The van der Waals surface area contributed by atoms with Gasteiger partial charge in [-0.1, -0.05) is 25.8 Å². The van der Waals surface area contributed by atoms with Gasteiger partial charge in [0.1, 0.15) is 17.3 Å². The Bertz CT molecular complexity index is 2170. The van der Waals surface area contributed by atoms with Crippen molar-refractivity contribution < 1.29 is 37.1 Å². The normalized spacial score (nSPS) is 22.3. The lowest BCUT2D eigenvalue weighted by Crippen LogP contribution is -2.50. The number of hydrazine groups is 1. The van der Waals surface area contributed by atoms with E-state index in [-0.39, 0.29) is 53.5 Å². The minimum atomic E-state index is -3.58. The van der Waals surface area contributed by atoms with Gasteiger partial charge in [0.25, 0.3) is 11.8 Å². The van der Waals surface area contributed by atoms with Gasteiger partial charge in [0.05, 0.1) is 37.1 Å². The van der Waals surface area contributed by atoms with Gasteiger partial charge >= 0.3 is 5.92 Å². The summed E-state index contributed by atoms with van der Waals surface area (Å²) >= 11 is 0. The van der Waals surface area contributed by atoms with Gasteiger partial charge in [-0.2, -0.15) is 13.8 Å². The van der Waals surface area contributed by atoms with Gasteiger partial charge in [0.15, 0.2) is 5.82 Å². The van der Waals surface area contributed by atoms with Gasteiger partial charge < -0.3 is 24.8 Å². The Kier molecular flexibility index (Phi) is 12.6. The smallest absolute Gasteiger partial charge is 0.342 e. The van der Waals surface area contributed by atoms with Crippen LogP contribution in [-0.2, 0) is 14.4 Å². The predicted molar refractivity (Wildman–Crippen MR) is 227 cm³/mol. The van der Waals surface area contributed by atoms with Crippen molar-refractivity contribution in [3.63, 3.8) is 0 Å². The summed E-state index contributed by atoms with van der Waals surface area (Å²) in [7, 11) is 2.80. The number of carbonyl (C=O) groups is 4. The van der Waals surface area contributed by atoms with Crippen molar-refractivity contribution in [3.8, 4) is 5.75 Å². The molecule has 18 heteroatoms. The second kappa shape index (κ2) is 18.1. The van der Waals surface area contributed by atoms with Crippen LogP contribution < -0.4 is 35.5 Å². The number of anilines is 5. The number of ether oxygens (including phenoxy) is 1. The molecule has 0 radical (unpaired) electrons. The maximum atomic E-state index is 15.3. The highest BCUT2D eigenvalue weighted by atomic mass is 19.3. The Labute approximate surface area is 359 Å². The summed E-state index contributed by atoms with van der Waals surface area (Å²) in [5.41, 5.74) is 5.25. The van der Waals surface area contributed by atoms with E-state index in [4.69, 9.17) is 4.74 Å². The van der Waals surface area contributed by atoms with Gasteiger partial charge in [-0.25, -0.2) is 14.4 Å². The van der Waals surface area contributed by atoms with Crippen LogP contribution in [0.2, 0.25) is 0 Å². The number of benzene rings is 2. The number of fused-ring (bicyclic) bond motifs is 1. The summed E-state index contributed by atoms with van der Waals surface area (Å²) in [6.07, 6.45) is 7.17. The number of rotatable bonds is 11. The van der Waals surface area contributed by atoms with Gasteiger partial charge in [0.2, 0.25) is 17.8 Å². The number of piperazine rings is 1. The molecule has 1 aliphatic carbocycles. The summed E-state index contributed by atoms with van der Waals surface area (Å²) < 4.78 is 51.0. The molecule has 5 aliphatic rings. The number of imide groups is 1. The number of carbonyl (C=O) groups excluding carboxylic acids is 4. The van der Waals surface area contributed by atoms with Gasteiger partial charge in [-0.05, 0) is 79.8 Å². The molecule has 2 atom stereocenters. The Balaban J connectivity index is 0.815. The Hall–Kier alpha value is -5.49. The molecule has 3 saturated heterocycles. The van der Waals surface area contributed by atoms with Crippen LogP contribution in [0.3, 0.4) is 0 Å². The fraction of sp³-hybridized carbons (Fsp3) is 0.545. The summed E-state index contributed by atoms with van der Waals surface area (Å²) in [5.74, 6) is -4.99. The van der Waals surface area contributed by atoms with Crippen molar-refractivity contribution in [2.75, 3.05) is 86.5 Å². The highest BCUT2D eigenvalue weighted by Gasteiger charge is 2.49. The molecule has 62 heavy (non-hydrogen) atoms. The van der Waals surface area contributed by atoms with E-state index >= 15 is 13.2 Å². The van der Waals surface area contributed by atoms with E-state index in [9.17, 15) is 19.2 Å². The van der Waals surface area contributed by atoms with E-state index in [1.807, 2.05) is 5.01 Å². The summed E-state index contributed by atoms with van der Waals surface area (Å²) in [5, 5.41) is 7.42. The molecule has 2 aromatic carbocycles. The number of methoxy groups -OCH3 is 1. The van der Waals surface area contributed by atoms with E-state index in [2.05, 4.69) is 42.8 Å². The second-order valence-electron chi connectivity index (χ2n) is 17.3. The number of nitrogens with zero attached hydrogens (tertiary/aromatic N) is 7. The average molecular weight is 861 g/mol. The Morgan fingerprint density at radius 2 is 1.71 bits per heavy atom. The first kappa shape index (κ1) is 43.2. The zero-order valence-corrected chi connectivity index (χ0v) is 35.5. The highest BCUT2D eigenvalue weighted by Crippen LogP contribution is 2.40. The van der Waals surface area contributed by atoms with Crippen molar-refractivity contribution in [2.45, 2.75) is 76.2 Å². The van der Waals surface area contributed by atoms with Crippen LogP contribution in [0.15, 0.2) is 42.6 Å². The number of hydrogen-bond acceptors (Lipinski definition) is 12. The van der Waals surface area contributed by atoms with Crippen molar-refractivity contribution >= 4 is 52.5 Å². The molecule has 4 amide bonds. The second-order valence-corrected chi connectivity index (χ2v) is 17.3. The Morgan fingerprint density at radius 3 is 2.40 bits per heavy atom. The molecule has 332 valence electrons. The highest BCUT2D eigenvalue weighted by molar-refractivity contribution is 6.02. The van der Waals surface area contributed by atoms with E-state index in [0.717, 1.165) is 63.1 Å². The Morgan fingerprint density at radius 1 is 0.968 bits per heavy atom. The van der Waals surface area contributed by atoms with E-state index < -0.39 is 24.3 Å². The zero-order chi connectivity index (χ0) is 43.7. The molecule has 3 N–H and O–H groups in total. The fourth-order valence-electron chi connectivity index (χ4n) is 9.68. The standard InChI is InChI=1S/C44H55F3N10O5/c1-27(25-54-18-20-55(21-19-54)35-12-9-29(22-33(35)45)32-10-13-38(58)50-41(32)60)28-14-16-56(17-15-28)52-40(59)30-8-11-34(37(23-30)62-3)49-43-48-24-36-39(51-43)57(31-6-4-5-7-31)26-44(46,47)42(61)53(36)2/h8-9,11-12,22-24,27-28,31-32H,4-7,10,13-21,25-26H2,1-3H3,(H,52,59)(H,48,49,51)(H,50,58,60). The van der Waals surface area contributed by atoms with Crippen LogP contribution in [0.4, 0.5) is 42.0 Å². The lowest BCUT2D eigenvalue weighted by atomic mass is 9.85. The molecule has 4 aliphatic heterocycles. The van der Waals surface area contributed by atoms with E-state index in [0.29, 0.717) is 72.7 Å². The largest absolute Gasteiger partial charge is 0.495 e. The van der Waals surface area contributed by atoms with Crippen LogP contribution in [0.5, 0.6) is 5.75 Å². The van der Waals surface area contributed by atoms with Crippen LogP contribution in [0, 0.1) is 17.7 Å². The topological polar surface area (TPSA) is 156 Å². The van der Waals surface area contributed by atoms with E-state index in [1.54, 1.807) is 35.2 Å². The molecule has 1 aromatic heterocycles. The van der Waals surface area contributed by atoms with Crippen molar-refractivity contribution in [2.24, 2.45) is 11.8 Å². The number of halogens is 3. The number of amides is 4. The van der Waals surface area contributed by atoms with Crippen LogP contribution >= 0.6 is 0 Å². The predicted octanol–water partition coefficient (Wildman–Crippen LogP) is 5.06. The maximum Gasteiger partial charge on any atom is 0.342 e. The first-order valence-corrected chi connectivity index (χ1v) is 21.7. The minimum absolute atomic E-state index is 0.138. The van der Waals surface area contributed by atoms with Gasteiger partial charge in [-0.15, -0.1) is 0 Å². The number of hydrogen-bond donors (Lipinski definition) is 3. The van der Waals surface area contributed by atoms with Crippen molar-refractivity contribution in [3.05, 3.63) is 59.5 Å². The quantitative estimate of drug-likeness (QED) is 0.221. The molecule has 1 saturated carbocycles. The third-order valence-corrected chi connectivity index (χ3v) is 13.3. The molecule has 8 rings (SSSR count). The molecule has 0 bridgehead atoms. The van der Waals surface area contributed by atoms with Crippen molar-refractivity contribution in [1.29, 1.82) is 0 Å². The molecule has 4 fully saturated rings. The number of piperidine rings is 2. The number of alkyl halides is 2. The fourth-order valence-corrected chi connectivity index (χ4v) is 9.68. The third-order valence-electron chi connectivity index (χ3n) is 13.3. The maximum absolute atomic E-state index is 15.3. The molecule has 0 spiro atoms. The first-order valence-electron chi connectivity index (χ1n) is 21.7. The zero-order valence-electron chi connectivity index (χ0n) is 35.5. The summed E-state index contributed by atoms with van der Waals surface area (Å²) in [6, 6.07) is 9.79. The average Bonchev–Trinajstić information content (AvgIpc) is 3.79. The molecule has 5 heterocycles. The lowest BCUT2D eigenvalue weighted by molar-refractivity contribution is -0.140. The number of aromatic nitrogens is 2. The molecular formula is C44H55F3N10O5. The van der Waals surface area contributed by atoms with Crippen molar-refractivity contribution in [1.82, 2.24) is 30.6 Å². The molecular weight excluding hydrogens is 806 g/mol. The molecule has 2 unspecified atom stereocenters. The first-order chi connectivity index (χ1) is 29.8. The molecule has 15 nitrogen and oxygen atoms in total. The number of nitrogens with one attached hydrogen (secondary N) is 3. The van der Waals surface area contributed by atoms with Gasteiger partial charge in [0, 0.05) is 70.9 Å². The van der Waals surface area contributed by atoms with Crippen LogP contribution in [0.1, 0.15) is 80.1 Å². The summed E-state index contributed by atoms with van der Waals surface area (Å²) in [4.78, 5) is 65.9. The lowest BCUT2D eigenvalue weighted by Gasteiger charge is -2.40. The summed E-state index contributed by atoms with van der Waals surface area (Å²) in [6.45, 7) is 6.88. The van der Waals surface area contributed by atoms with Crippen LogP contribution in [-0.4, -0.2) is 122 Å². The SMILES string of the molecule is COc1cc(C(=O)NN2CCC(C(C)CN3CCN(c4ccc(C5CCC(=O)NC5=O)cc4F)CC3)CC2)ccc1Nc1ncc2c(n1)N(C1CCCC1)CC(F)(F)C(=O)N2C. The van der Waals surface area contributed by atoms with E-state index in [1.165, 1.54) is 26.4 Å². The monoisotopic (exact) mass is 860 g/mol. The minimum Gasteiger partial charge on any atom is -0.495 e. The van der Waals surface area contributed by atoms with Gasteiger partial charge in [-0.3, -0.25) is 34.8 Å².